The van der Waals surface area contributed by atoms with Crippen LogP contribution < -0.4 is 5.32 Å². The molecule has 1 aliphatic carbocycles. The largest absolute Gasteiger partial charge is 0.337 e. The lowest BCUT2D eigenvalue weighted by Crippen LogP contribution is -2.49. The molecule has 0 spiro atoms. The second kappa shape index (κ2) is 5.42. The number of nitrogens with zero attached hydrogens (tertiary/aromatic N) is 1. The summed E-state index contributed by atoms with van der Waals surface area (Å²) in [6, 6.07) is 6.46. The van der Waals surface area contributed by atoms with E-state index in [1.54, 1.807) is 24.3 Å². The second-order valence-corrected chi connectivity index (χ2v) is 4.73. The van der Waals surface area contributed by atoms with Gasteiger partial charge in [-0.3, -0.25) is 19.2 Å². The van der Waals surface area contributed by atoms with E-state index in [0.29, 0.717) is 24.7 Å². The van der Waals surface area contributed by atoms with E-state index in [1.165, 1.54) is 14.2 Å². The molecule has 1 fully saturated rings. The van der Waals surface area contributed by atoms with E-state index in [-0.39, 0.29) is 11.5 Å². The van der Waals surface area contributed by atoms with Gasteiger partial charge in [0.2, 0.25) is 0 Å². The van der Waals surface area contributed by atoms with E-state index in [0.717, 1.165) is 5.06 Å². The van der Waals surface area contributed by atoms with Crippen molar-refractivity contribution in [3.05, 3.63) is 35.4 Å². The van der Waals surface area contributed by atoms with Gasteiger partial charge in [0, 0.05) is 18.2 Å². The van der Waals surface area contributed by atoms with Gasteiger partial charge in [-0.2, -0.15) is 0 Å². The van der Waals surface area contributed by atoms with Gasteiger partial charge in [0.25, 0.3) is 11.8 Å². The quantitative estimate of drug-likeness (QED) is 0.637. The smallest absolute Gasteiger partial charge is 0.271 e. The fourth-order valence-corrected chi connectivity index (χ4v) is 1.99. The van der Waals surface area contributed by atoms with Crippen LogP contribution in [0.25, 0.3) is 0 Å². The highest BCUT2D eigenvalue weighted by molar-refractivity contribution is 6.04. The third kappa shape index (κ3) is 2.55. The van der Waals surface area contributed by atoms with Crippen molar-refractivity contribution in [1.29, 1.82) is 0 Å². The molecule has 0 radical (unpaired) electrons. The Kier molecular flexibility index (Phi) is 3.85. The highest BCUT2D eigenvalue weighted by atomic mass is 16.7. The van der Waals surface area contributed by atoms with Crippen LogP contribution in [0.15, 0.2) is 24.3 Å². The molecular formula is C14H16N2O4. The van der Waals surface area contributed by atoms with Crippen LogP contribution in [0.5, 0.6) is 0 Å². The fourth-order valence-electron chi connectivity index (χ4n) is 1.99. The summed E-state index contributed by atoms with van der Waals surface area (Å²) < 4.78 is 0. The molecule has 6 heteroatoms. The molecule has 0 aliphatic heterocycles. The van der Waals surface area contributed by atoms with E-state index < -0.39 is 11.4 Å². The van der Waals surface area contributed by atoms with Crippen LogP contribution in [0, 0.1) is 0 Å². The van der Waals surface area contributed by atoms with E-state index in [9.17, 15) is 14.4 Å². The van der Waals surface area contributed by atoms with E-state index >= 15 is 0 Å². The summed E-state index contributed by atoms with van der Waals surface area (Å²) in [6.07, 6.45) is 1.75. The first-order valence-corrected chi connectivity index (χ1v) is 6.23. The van der Waals surface area contributed by atoms with Gasteiger partial charge in [-0.15, -0.1) is 0 Å². The lowest BCUT2D eigenvalue weighted by atomic mass is 10.1. The number of carbonyl (C=O) groups excluding carboxylic acids is 3. The number of likely N-dealkylation sites (N-methyl/N-ethyl adjacent to an activating group) is 1. The maximum Gasteiger partial charge on any atom is 0.271 e. The molecule has 1 saturated carbocycles. The van der Waals surface area contributed by atoms with E-state index in [1.807, 2.05) is 0 Å². The lowest BCUT2D eigenvalue weighted by molar-refractivity contribution is -0.172. The van der Waals surface area contributed by atoms with Crippen molar-refractivity contribution >= 4 is 18.1 Å². The number of aldehydes is 1. The number of hydrogen-bond acceptors (Lipinski definition) is 4. The highest BCUT2D eigenvalue weighted by Crippen LogP contribution is 2.37. The van der Waals surface area contributed by atoms with Gasteiger partial charge in [0.05, 0.1) is 7.11 Å². The summed E-state index contributed by atoms with van der Waals surface area (Å²) in [6.45, 7) is 0. The lowest BCUT2D eigenvalue weighted by Gasteiger charge is -2.22. The Hall–Kier alpha value is -2.21. The summed E-state index contributed by atoms with van der Waals surface area (Å²) in [4.78, 5) is 40.1. The second-order valence-electron chi connectivity index (χ2n) is 4.73. The van der Waals surface area contributed by atoms with Crippen molar-refractivity contribution in [3.8, 4) is 0 Å². The highest BCUT2D eigenvalue weighted by Gasteiger charge is 2.53. The third-order valence-corrected chi connectivity index (χ3v) is 3.40. The number of hydroxylamine groups is 2. The van der Waals surface area contributed by atoms with Crippen LogP contribution >= 0.6 is 0 Å². The van der Waals surface area contributed by atoms with Gasteiger partial charge >= 0.3 is 0 Å². The van der Waals surface area contributed by atoms with Crippen LogP contribution in [0.1, 0.15) is 33.6 Å². The van der Waals surface area contributed by atoms with Gasteiger partial charge in [-0.1, -0.05) is 18.2 Å². The minimum Gasteiger partial charge on any atom is -0.337 e. The van der Waals surface area contributed by atoms with Crippen LogP contribution in [0.4, 0.5) is 0 Å². The Bertz CT molecular complexity index is 552. The van der Waals surface area contributed by atoms with Gasteiger partial charge in [-0.25, -0.2) is 5.06 Å². The molecule has 0 bridgehead atoms. The minimum absolute atomic E-state index is 0.265. The molecule has 6 nitrogen and oxygen atoms in total. The average molecular weight is 276 g/mol. The molecule has 0 atom stereocenters. The van der Waals surface area contributed by atoms with Crippen molar-refractivity contribution < 1.29 is 19.2 Å². The Morgan fingerprint density at radius 3 is 2.55 bits per heavy atom. The predicted molar refractivity (Wildman–Crippen MR) is 71.0 cm³/mol. The monoisotopic (exact) mass is 276 g/mol. The summed E-state index contributed by atoms with van der Waals surface area (Å²) in [7, 11) is 2.88. The maximum atomic E-state index is 12.2. The first kappa shape index (κ1) is 14.2. The number of hydrogen-bond donors (Lipinski definition) is 1. The maximum absolute atomic E-state index is 12.2. The molecule has 1 N–H and O–H groups in total. The Morgan fingerprint density at radius 1 is 1.35 bits per heavy atom. The van der Waals surface area contributed by atoms with E-state index in [4.69, 9.17) is 4.84 Å². The molecule has 1 aliphatic rings. The van der Waals surface area contributed by atoms with Crippen molar-refractivity contribution in [1.82, 2.24) is 10.4 Å². The van der Waals surface area contributed by atoms with Crippen LogP contribution in [0.2, 0.25) is 0 Å². The molecule has 2 rings (SSSR count). The summed E-state index contributed by atoms with van der Waals surface area (Å²) in [5, 5.41) is 3.80. The Morgan fingerprint density at radius 2 is 2.00 bits per heavy atom. The number of amides is 2. The first-order valence-electron chi connectivity index (χ1n) is 6.23. The van der Waals surface area contributed by atoms with Gasteiger partial charge < -0.3 is 5.32 Å². The van der Waals surface area contributed by atoms with Crippen molar-refractivity contribution in [3.63, 3.8) is 0 Å². The zero-order valence-electron chi connectivity index (χ0n) is 11.4. The van der Waals surface area contributed by atoms with E-state index in [2.05, 4.69) is 5.32 Å². The van der Waals surface area contributed by atoms with Crippen molar-refractivity contribution in [2.24, 2.45) is 0 Å². The molecule has 106 valence electrons. The minimum atomic E-state index is -0.905. The zero-order chi connectivity index (χ0) is 14.8. The summed E-state index contributed by atoms with van der Waals surface area (Å²) >= 11 is 0. The van der Waals surface area contributed by atoms with Crippen molar-refractivity contribution in [2.75, 3.05) is 14.2 Å². The number of nitrogens with one attached hydrogen (secondary N) is 1. The molecular weight excluding hydrogens is 260 g/mol. The Labute approximate surface area is 116 Å². The number of rotatable bonds is 5. The molecule has 0 unspecified atom stereocenters. The Balaban J connectivity index is 2.16. The van der Waals surface area contributed by atoms with Gasteiger partial charge in [0.15, 0.2) is 6.29 Å². The van der Waals surface area contributed by atoms with Crippen molar-refractivity contribution in [2.45, 2.75) is 18.4 Å². The fraction of sp³-hybridized carbons (Fsp3) is 0.357. The van der Waals surface area contributed by atoms with Gasteiger partial charge in [0.1, 0.15) is 5.54 Å². The summed E-state index contributed by atoms with van der Waals surface area (Å²) in [5.41, 5.74) is -0.340. The molecule has 0 saturated heterocycles. The molecule has 20 heavy (non-hydrogen) atoms. The molecule has 2 amide bonds. The number of benzene rings is 1. The topological polar surface area (TPSA) is 75.7 Å². The van der Waals surface area contributed by atoms with Crippen LogP contribution in [-0.2, 0) is 9.63 Å². The standard InChI is InChI=1S/C14H16N2O4/c1-16(20-2)13(19)14(7-8-14)15-12(18)11-6-4-3-5-10(11)9-17/h3-6,9H,7-8H2,1-2H3,(H,15,18). The molecule has 1 aromatic rings. The normalized spacial score (nSPS) is 15.3. The third-order valence-electron chi connectivity index (χ3n) is 3.40. The van der Waals surface area contributed by atoms with Crippen LogP contribution in [-0.4, -0.2) is 42.9 Å². The molecule has 0 heterocycles. The zero-order valence-corrected chi connectivity index (χ0v) is 11.4. The average Bonchev–Trinajstić information content (AvgIpc) is 3.26. The van der Waals surface area contributed by atoms with Crippen LogP contribution in [0.3, 0.4) is 0 Å². The molecule has 0 aromatic heterocycles. The first-order chi connectivity index (χ1) is 9.54. The van der Waals surface area contributed by atoms with Gasteiger partial charge in [-0.05, 0) is 18.9 Å². The summed E-state index contributed by atoms with van der Waals surface area (Å²) in [5.74, 6) is -0.722. The predicted octanol–water partition coefficient (Wildman–Crippen LogP) is 0.781. The molecule has 1 aromatic carbocycles. The number of carbonyl (C=O) groups is 3. The SMILES string of the molecule is CON(C)C(=O)C1(NC(=O)c2ccccc2C=O)CC1.